The SMILES string of the molecule is CCCCCCCCP(=O)(O)OC(C)CC. The first-order valence-electron chi connectivity index (χ1n) is 6.52. The number of rotatable bonds is 10. The van der Waals surface area contributed by atoms with Gasteiger partial charge in [0.15, 0.2) is 0 Å². The predicted octanol–water partition coefficient (Wildman–Crippen LogP) is 4.35. The summed E-state index contributed by atoms with van der Waals surface area (Å²) in [5.74, 6) is 0. The van der Waals surface area contributed by atoms with Gasteiger partial charge < -0.3 is 9.42 Å². The highest BCUT2D eigenvalue weighted by Gasteiger charge is 2.20. The van der Waals surface area contributed by atoms with E-state index >= 15 is 0 Å². The van der Waals surface area contributed by atoms with Crippen molar-refractivity contribution in [1.82, 2.24) is 0 Å². The third kappa shape index (κ3) is 9.38. The molecule has 3 nitrogen and oxygen atoms in total. The van der Waals surface area contributed by atoms with Gasteiger partial charge in [-0.2, -0.15) is 0 Å². The standard InChI is InChI=1S/C12H27O3P/c1-4-6-7-8-9-10-11-16(13,14)15-12(3)5-2/h12H,4-11H2,1-3H3,(H,13,14). The Hall–Kier alpha value is 0.150. The molecule has 0 aromatic rings. The number of unbranched alkanes of at least 4 members (excludes halogenated alkanes) is 5. The molecule has 0 bridgehead atoms. The molecule has 0 radical (unpaired) electrons. The van der Waals surface area contributed by atoms with E-state index in [9.17, 15) is 9.46 Å². The Balaban J connectivity index is 3.54. The summed E-state index contributed by atoms with van der Waals surface area (Å²) in [7, 11) is -3.32. The van der Waals surface area contributed by atoms with E-state index in [1.54, 1.807) is 0 Å². The summed E-state index contributed by atoms with van der Waals surface area (Å²) in [6.45, 7) is 5.97. The fraction of sp³-hybridized carbons (Fsp3) is 1.00. The Labute approximate surface area is 100 Å². The lowest BCUT2D eigenvalue weighted by Gasteiger charge is -2.16. The van der Waals surface area contributed by atoms with Gasteiger partial charge in [0.05, 0.1) is 6.10 Å². The second-order valence-corrected chi connectivity index (χ2v) is 6.39. The summed E-state index contributed by atoms with van der Waals surface area (Å²) in [5, 5.41) is 0. The van der Waals surface area contributed by atoms with Crippen molar-refractivity contribution in [2.45, 2.75) is 71.8 Å². The largest absolute Gasteiger partial charge is 0.328 e. The van der Waals surface area contributed by atoms with Gasteiger partial charge in [0.1, 0.15) is 0 Å². The topological polar surface area (TPSA) is 46.5 Å². The van der Waals surface area contributed by atoms with Crippen LogP contribution in [0.3, 0.4) is 0 Å². The quantitative estimate of drug-likeness (QED) is 0.463. The lowest BCUT2D eigenvalue weighted by Crippen LogP contribution is -2.06. The summed E-state index contributed by atoms with van der Waals surface area (Å²) >= 11 is 0. The van der Waals surface area contributed by atoms with Gasteiger partial charge in [0.25, 0.3) is 0 Å². The van der Waals surface area contributed by atoms with Crippen molar-refractivity contribution in [3.8, 4) is 0 Å². The summed E-state index contributed by atoms with van der Waals surface area (Å²) in [5.41, 5.74) is 0. The molecule has 0 heterocycles. The zero-order valence-electron chi connectivity index (χ0n) is 10.9. The highest BCUT2D eigenvalue weighted by molar-refractivity contribution is 7.52. The normalized spacial score (nSPS) is 17.0. The Bertz CT molecular complexity index is 206. The molecule has 0 aliphatic heterocycles. The average Bonchev–Trinajstić information content (AvgIpc) is 2.22. The van der Waals surface area contributed by atoms with Crippen molar-refractivity contribution in [2.75, 3.05) is 6.16 Å². The molecule has 98 valence electrons. The van der Waals surface area contributed by atoms with E-state index in [0.717, 1.165) is 25.7 Å². The fourth-order valence-electron chi connectivity index (χ4n) is 1.50. The Kier molecular flexibility index (Phi) is 9.29. The summed E-state index contributed by atoms with van der Waals surface area (Å²) < 4.78 is 16.7. The zero-order valence-corrected chi connectivity index (χ0v) is 11.8. The Morgan fingerprint density at radius 3 is 2.25 bits per heavy atom. The highest BCUT2D eigenvalue weighted by Crippen LogP contribution is 2.44. The van der Waals surface area contributed by atoms with Crippen LogP contribution in [-0.4, -0.2) is 17.2 Å². The third-order valence-electron chi connectivity index (χ3n) is 2.71. The van der Waals surface area contributed by atoms with Gasteiger partial charge in [-0.25, -0.2) is 0 Å². The van der Waals surface area contributed by atoms with E-state index in [4.69, 9.17) is 4.52 Å². The van der Waals surface area contributed by atoms with Gasteiger partial charge in [0, 0.05) is 6.16 Å². The predicted molar refractivity (Wildman–Crippen MR) is 68.9 cm³/mol. The number of hydrogen-bond donors (Lipinski definition) is 1. The van der Waals surface area contributed by atoms with Gasteiger partial charge in [-0.3, -0.25) is 4.57 Å². The molecule has 0 rings (SSSR count). The lowest BCUT2D eigenvalue weighted by molar-refractivity contribution is 0.185. The van der Waals surface area contributed by atoms with Crippen LogP contribution in [-0.2, 0) is 9.09 Å². The van der Waals surface area contributed by atoms with Crippen molar-refractivity contribution in [1.29, 1.82) is 0 Å². The van der Waals surface area contributed by atoms with Crippen LogP contribution >= 0.6 is 7.60 Å². The Morgan fingerprint density at radius 1 is 1.12 bits per heavy atom. The van der Waals surface area contributed by atoms with Crippen LogP contribution in [0.1, 0.15) is 65.7 Å². The maximum Gasteiger partial charge on any atom is 0.328 e. The van der Waals surface area contributed by atoms with Crippen LogP contribution in [0, 0.1) is 0 Å². The molecular formula is C12H27O3P. The maximum atomic E-state index is 11.6. The molecule has 0 aromatic heterocycles. The van der Waals surface area contributed by atoms with Crippen LogP contribution in [0.2, 0.25) is 0 Å². The summed E-state index contributed by atoms with van der Waals surface area (Å²) in [6.07, 6.45) is 7.70. The summed E-state index contributed by atoms with van der Waals surface area (Å²) in [6, 6.07) is 0. The van der Waals surface area contributed by atoms with Gasteiger partial charge in [-0.1, -0.05) is 46.0 Å². The van der Waals surface area contributed by atoms with Crippen molar-refractivity contribution in [3.63, 3.8) is 0 Å². The number of hydrogen-bond acceptors (Lipinski definition) is 2. The van der Waals surface area contributed by atoms with Crippen molar-refractivity contribution < 1.29 is 14.0 Å². The van der Waals surface area contributed by atoms with E-state index < -0.39 is 7.60 Å². The van der Waals surface area contributed by atoms with Crippen LogP contribution < -0.4 is 0 Å². The molecule has 2 atom stereocenters. The smallest absolute Gasteiger partial charge is 0.324 e. The molecule has 0 saturated carbocycles. The zero-order chi connectivity index (χ0) is 12.4. The molecule has 0 fully saturated rings. The maximum absolute atomic E-state index is 11.6. The molecule has 0 saturated heterocycles. The van der Waals surface area contributed by atoms with Gasteiger partial charge >= 0.3 is 7.60 Å². The lowest BCUT2D eigenvalue weighted by atomic mass is 10.1. The molecule has 4 heteroatoms. The van der Waals surface area contributed by atoms with E-state index in [1.807, 2.05) is 13.8 Å². The first-order chi connectivity index (χ1) is 7.52. The van der Waals surface area contributed by atoms with Crippen LogP contribution in [0.4, 0.5) is 0 Å². The first kappa shape index (κ1) is 16.1. The van der Waals surface area contributed by atoms with E-state index in [-0.39, 0.29) is 6.10 Å². The second kappa shape index (κ2) is 9.21. The summed E-state index contributed by atoms with van der Waals surface area (Å²) in [4.78, 5) is 9.55. The minimum Gasteiger partial charge on any atom is -0.324 e. The van der Waals surface area contributed by atoms with Crippen LogP contribution in [0.15, 0.2) is 0 Å². The molecular weight excluding hydrogens is 223 g/mol. The Morgan fingerprint density at radius 2 is 1.69 bits per heavy atom. The molecule has 0 aliphatic rings. The second-order valence-electron chi connectivity index (χ2n) is 4.45. The molecule has 0 amide bonds. The monoisotopic (exact) mass is 250 g/mol. The molecule has 1 N–H and O–H groups in total. The van der Waals surface area contributed by atoms with E-state index in [0.29, 0.717) is 6.16 Å². The molecule has 0 aliphatic carbocycles. The highest BCUT2D eigenvalue weighted by atomic mass is 31.2. The van der Waals surface area contributed by atoms with Gasteiger partial charge in [-0.05, 0) is 19.8 Å². The van der Waals surface area contributed by atoms with Crippen LogP contribution in [0.25, 0.3) is 0 Å². The molecule has 0 spiro atoms. The van der Waals surface area contributed by atoms with E-state index in [1.165, 1.54) is 19.3 Å². The van der Waals surface area contributed by atoms with Gasteiger partial charge in [0.2, 0.25) is 0 Å². The van der Waals surface area contributed by atoms with E-state index in [2.05, 4.69) is 6.92 Å². The van der Waals surface area contributed by atoms with Crippen LogP contribution in [0.5, 0.6) is 0 Å². The molecule has 0 aromatic carbocycles. The fourth-order valence-corrected chi connectivity index (χ4v) is 2.94. The van der Waals surface area contributed by atoms with Gasteiger partial charge in [-0.15, -0.1) is 0 Å². The molecule has 16 heavy (non-hydrogen) atoms. The van der Waals surface area contributed by atoms with Crippen molar-refractivity contribution in [2.24, 2.45) is 0 Å². The van der Waals surface area contributed by atoms with Crippen molar-refractivity contribution in [3.05, 3.63) is 0 Å². The van der Waals surface area contributed by atoms with Crippen molar-refractivity contribution >= 4 is 7.60 Å². The first-order valence-corrected chi connectivity index (χ1v) is 8.28. The minimum atomic E-state index is -3.32. The third-order valence-corrected chi connectivity index (χ3v) is 4.28. The molecule has 2 unspecified atom stereocenters. The minimum absolute atomic E-state index is 0.115. The average molecular weight is 250 g/mol.